The van der Waals surface area contributed by atoms with Gasteiger partial charge in [-0.15, -0.1) is 0 Å². The second-order valence-electron chi connectivity index (χ2n) is 7.50. The molecule has 156 valence electrons. The number of amides is 1. The van der Waals surface area contributed by atoms with Gasteiger partial charge in [0.15, 0.2) is 0 Å². The number of hydrogen-bond donors (Lipinski definition) is 0. The van der Waals surface area contributed by atoms with Gasteiger partial charge in [-0.2, -0.15) is 17.5 Å². The van der Waals surface area contributed by atoms with Crippen LogP contribution in [0.1, 0.15) is 31.7 Å². The molecule has 0 spiro atoms. The van der Waals surface area contributed by atoms with E-state index in [1.807, 2.05) is 4.90 Å². The van der Waals surface area contributed by atoms with Gasteiger partial charge in [-0.1, -0.05) is 18.5 Å². The third kappa shape index (κ3) is 4.31. The third-order valence-electron chi connectivity index (χ3n) is 5.42. The molecule has 2 heterocycles. The zero-order chi connectivity index (χ0) is 20.7. The van der Waals surface area contributed by atoms with Gasteiger partial charge in [-0.05, 0) is 43.4 Å². The number of carbonyl (C=O) groups excluding carboxylic acids is 1. The Balaban J connectivity index is 1.71. The second kappa shape index (κ2) is 7.84. The van der Waals surface area contributed by atoms with E-state index >= 15 is 0 Å². The summed E-state index contributed by atoms with van der Waals surface area (Å²) in [5.41, 5.74) is -1.18. The van der Waals surface area contributed by atoms with Crippen LogP contribution in [0.4, 0.5) is 13.2 Å². The first-order valence-electron chi connectivity index (χ1n) is 9.16. The van der Waals surface area contributed by atoms with Gasteiger partial charge in [-0.25, -0.2) is 8.42 Å². The van der Waals surface area contributed by atoms with Gasteiger partial charge in [-0.3, -0.25) is 4.79 Å². The van der Waals surface area contributed by atoms with Gasteiger partial charge in [0.1, 0.15) is 0 Å². The fourth-order valence-corrected chi connectivity index (χ4v) is 5.49. The molecule has 28 heavy (non-hydrogen) atoms. The summed E-state index contributed by atoms with van der Waals surface area (Å²) in [6.07, 6.45) is -3.04. The number of rotatable bonds is 3. The van der Waals surface area contributed by atoms with Crippen LogP contribution >= 0.6 is 11.6 Å². The van der Waals surface area contributed by atoms with Gasteiger partial charge in [0.25, 0.3) is 0 Å². The Morgan fingerprint density at radius 2 is 1.79 bits per heavy atom. The molecule has 2 fully saturated rings. The van der Waals surface area contributed by atoms with E-state index in [1.54, 1.807) is 0 Å². The predicted molar refractivity (Wildman–Crippen MR) is 98.3 cm³/mol. The SMILES string of the molecule is CC1CCN(C(=O)C2CCN(S(=O)(=O)c3ccc(Cl)c(C(F)(F)F)c3)CC2)C1. The average molecular weight is 439 g/mol. The van der Waals surface area contributed by atoms with Crippen molar-refractivity contribution in [1.82, 2.24) is 9.21 Å². The largest absolute Gasteiger partial charge is 0.417 e. The van der Waals surface area contributed by atoms with Crippen LogP contribution in [-0.2, 0) is 21.0 Å². The average Bonchev–Trinajstić information content (AvgIpc) is 3.07. The Morgan fingerprint density at radius 3 is 2.32 bits per heavy atom. The van der Waals surface area contributed by atoms with E-state index in [0.29, 0.717) is 24.8 Å². The summed E-state index contributed by atoms with van der Waals surface area (Å²) in [5, 5.41) is -0.546. The fraction of sp³-hybridized carbons (Fsp3) is 0.611. The zero-order valence-corrected chi connectivity index (χ0v) is 16.9. The zero-order valence-electron chi connectivity index (χ0n) is 15.4. The van der Waals surface area contributed by atoms with Crippen LogP contribution in [0.15, 0.2) is 23.1 Å². The summed E-state index contributed by atoms with van der Waals surface area (Å²) in [5.74, 6) is 0.275. The molecule has 1 amide bonds. The molecule has 0 radical (unpaired) electrons. The topological polar surface area (TPSA) is 57.7 Å². The summed E-state index contributed by atoms with van der Waals surface area (Å²) in [4.78, 5) is 14.0. The Hall–Kier alpha value is -1.32. The third-order valence-corrected chi connectivity index (χ3v) is 7.64. The molecule has 0 aromatic heterocycles. The first-order chi connectivity index (χ1) is 13.0. The summed E-state index contributed by atoms with van der Waals surface area (Å²) < 4.78 is 65.8. The number of piperidine rings is 1. The van der Waals surface area contributed by atoms with E-state index in [2.05, 4.69) is 6.92 Å². The minimum Gasteiger partial charge on any atom is -0.342 e. The molecule has 2 saturated heterocycles. The van der Waals surface area contributed by atoms with Crippen LogP contribution in [-0.4, -0.2) is 49.7 Å². The number of carbonyl (C=O) groups is 1. The lowest BCUT2D eigenvalue weighted by Crippen LogP contribution is -2.43. The Morgan fingerprint density at radius 1 is 1.14 bits per heavy atom. The minimum atomic E-state index is -4.74. The van der Waals surface area contributed by atoms with Crippen LogP contribution in [0.25, 0.3) is 0 Å². The first-order valence-corrected chi connectivity index (χ1v) is 11.0. The van der Waals surface area contributed by atoms with Gasteiger partial charge < -0.3 is 4.90 Å². The Bertz CT molecular complexity index is 852. The van der Waals surface area contributed by atoms with Gasteiger partial charge in [0.05, 0.1) is 15.5 Å². The van der Waals surface area contributed by atoms with Crippen molar-refractivity contribution in [1.29, 1.82) is 0 Å². The van der Waals surface area contributed by atoms with Crippen LogP contribution in [0.5, 0.6) is 0 Å². The maximum atomic E-state index is 13.0. The number of likely N-dealkylation sites (tertiary alicyclic amines) is 1. The molecule has 10 heteroatoms. The van der Waals surface area contributed by atoms with Gasteiger partial charge >= 0.3 is 6.18 Å². The fourth-order valence-electron chi connectivity index (χ4n) is 3.77. The molecular formula is C18H22ClF3N2O3S. The highest BCUT2D eigenvalue weighted by Crippen LogP contribution is 2.37. The molecule has 0 saturated carbocycles. The summed E-state index contributed by atoms with van der Waals surface area (Å²) in [6, 6.07) is 2.60. The molecule has 1 unspecified atom stereocenters. The summed E-state index contributed by atoms with van der Waals surface area (Å²) >= 11 is 5.57. The predicted octanol–water partition coefficient (Wildman–Crippen LogP) is 3.63. The van der Waals surface area contributed by atoms with Crippen LogP contribution in [0, 0.1) is 11.8 Å². The lowest BCUT2D eigenvalue weighted by molar-refractivity contribution is -0.138. The van der Waals surface area contributed by atoms with E-state index < -0.39 is 31.7 Å². The molecule has 3 rings (SSSR count). The molecular weight excluding hydrogens is 417 g/mol. The smallest absolute Gasteiger partial charge is 0.342 e. The van der Waals surface area contributed by atoms with Crippen molar-refractivity contribution in [2.75, 3.05) is 26.2 Å². The van der Waals surface area contributed by atoms with Crippen molar-refractivity contribution >= 4 is 27.5 Å². The van der Waals surface area contributed by atoms with E-state index in [4.69, 9.17) is 11.6 Å². The minimum absolute atomic E-state index is 0.0484. The highest BCUT2D eigenvalue weighted by molar-refractivity contribution is 7.89. The van der Waals surface area contributed by atoms with Crippen molar-refractivity contribution in [3.8, 4) is 0 Å². The number of nitrogens with zero attached hydrogens (tertiary/aromatic N) is 2. The van der Waals surface area contributed by atoms with E-state index in [1.165, 1.54) is 0 Å². The lowest BCUT2D eigenvalue weighted by atomic mass is 9.96. The number of alkyl halides is 3. The number of hydrogen-bond acceptors (Lipinski definition) is 3. The summed E-state index contributed by atoms with van der Waals surface area (Å²) in [6.45, 7) is 3.74. The summed E-state index contributed by atoms with van der Waals surface area (Å²) in [7, 11) is -4.09. The standard InChI is InChI=1S/C18H22ClF3N2O3S/c1-12-4-7-23(11-12)17(25)13-5-8-24(9-6-13)28(26,27)14-2-3-16(19)15(10-14)18(20,21)22/h2-3,10,12-13H,4-9,11H2,1H3. The van der Waals surface area contributed by atoms with E-state index in [9.17, 15) is 26.4 Å². The van der Waals surface area contributed by atoms with E-state index in [0.717, 1.165) is 35.9 Å². The van der Waals surface area contributed by atoms with Gasteiger partial charge in [0, 0.05) is 32.1 Å². The number of benzene rings is 1. The highest BCUT2D eigenvalue weighted by atomic mass is 35.5. The highest BCUT2D eigenvalue weighted by Gasteiger charge is 2.38. The van der Waals surface area contributed by atoms with E-state index in [-0.39, 0.29) is 24.9 Å². The van der Waals surface area contributed by atoms with Gasteiger partial charge in [0.2, 0.25) is 15.9 Å². The maximum Gasteiger partial charge on any atom is 0.417 e. The van der Waals surface area contributed by atoms with Crippen LogP contribution < -0.4 is 0 Å². The molecule has 0 bridgehead atoms. The van der Waals surface area contributed by atoms with Crippen LogP contribution in [0.2, 0.25) is 5.02 Å². The van der Waals surface area contributed by atoms with Crippen molar-refractivity contribution in [2.24, 2.45) is 11.8 Å². The Kier molecular flexibility index (Phi) is 5.99. The Labute approximate surface area is 167 Å². The first kappa shape index (κ1) is 21.4. The monoisotopic (exact) mass is 438 g/mol. The molecule has 1 aromatic rings. The van der Waals surface area contributed by atoms with Crippen molar-refractivity contribution in [3.05, 3.63) is 28.8 Å². The second-order valence-corrected chi connectivity index (χ2v) is 9.84. The van der Waals surface area contributed by atoms with Crippen LogP contribution in [0.3, 0.4) is 0 Å². The number of sulfonamides is 1. The van der Waals surface area contributed by atoms with Crippen molar-refractivity contribution in [2.45, 2.75) is 37.3 Å². The molecule has 2 aliphatic heterocycles. The lowest BCUT2D eigenvalue weighted by Gasteiger charge is -2.32. The molecule has 5 nitrogen and oxygen atoms in total. The molecule has 0 aliphatic carbocycles. The van der Waals surface area contributed by atoms with Crippen molar-refractivity contribution < 1.29 is 26.4 Å². The molecule has 1 aromatic carbocycles. The normalized spacial score (nSPS) is 22.6. The molecule has 1 atom stereocenters. The molecule has 0 N–H and O–H groups in total. The number of halogens is 4. The maximum absolute atomic E-state index is 13.0. The quantitative estimate of drug-likeness (QED) is 0.724. The molecule has 2 aliphatic rings. The van der Waals surface area contributed by atoms with Crippen molar-refractivity contribution in [3.63, 3.8) is 0 Å².